The predicted molar refractivity (Wildman–Crippen MR) is 130 cm³/mol. The number of aromatic nitrogens is 1. The van der Waals surface area contributed by atoms with Crippen LogP contribution < -0.4 is 11.1 Å². The van der Waals surface area contributed by atoms with Crippen LogP contribution in [0.3, 0.4) is 0 Å². The van der Waals surface area contributed by atoms with Crippen LogP contribution in [0.25, 0.3) is 10.8 Å². The van der Waals surface area contributed by atoms with E-state index in [9.17, 15) is 18.3 Å². The fourth-order valence-electron chi connectivity index (χ4n) is 4.30. The number of amides is 1. The van der Waals surface area contributed by atoms with E-state index < -0.39 is 22.2 Å². The maximum Gasteiger partial charge on any atom is 0.244 e. The van der Waals surface area contributed by atoms with E-state index in [0.717, 1.165) is 4.31 Å². The van der Waals surface area contributed by atoms with Crippen LogP contribution in [0.1, 0.15) is 25.7 Å². The monoisotopic (exact) mass is 518 g/mol. The number of carbonyl (C=O) groups is 1. The number of guanidine groups is 1. The molecule has 0 radical (unpaired) electrons. The average Bonchev–Trinajstić information content (AvgIpc) is 3.23. The third-order valence-corrected chi connectivity index (χ3v) is 7.93. The normalized spacial score (nSPS) is 15.3. The van der Waals surface area contributed by atoms with Gasteiger partial charge in [-0.15, -0.1) is 12.4 Å². The lowest BCUT2D eigenvalue weighted by Gasteiger charge is -2.40. The number of fused-ring (bicyclic) bond motifs is 1. The highest BCUT2D eigenvalue weighted by Crippen LogP contribution is 2.40. The molecule has 1 aromatic carbocycles. The van der Waals surface area contributed by atoms with Gasteiger partial charge in [0.2, 0.25) is 15.9 Å². The van der Waals surface area contributed by atoms with E-state index in [-0.39, 0.29) is 41.5 Å². The Hall–Kier alpha value is -2.18. The highest BCUT2D eigenvalue weighted by atomic mass is 35.5. The SMILES string of the molecule is CN(C)C(=O)C1(N(CCO)S(=O)(=O)c2ccc3c(Cl)cnc(NC(=N)N)c3c2)CCCC1.Cl. The number of aliphatic hydroxyl groups excluding tert-OH is 1. The molecule has 5 N–H and O–H groups in total. The van der Waals surface area contributed by atoms with Crippen molar-refractivity contribution in [2.75, 3.05) is 32.6 Å². The van der Waals surface area contributed by atoms with Gasteiger partial charge in [0.05, 0.1) is 16.5 Å². The molecule has 3 rings (SSSR count). The molecule has 0 atom stereocenters. The van der Waals surface area contributed by atoms with Crippen molar-refractivity contribution in [3.05, 3.63) is 29.4 Å². The van der Waals surface area contributed by atoms with Crippen LogP contribution in [0.4, 0.5) is 5.82 Å². The van der Waals surface area contributed by atoms with Crippen molar-refractivity contribution in [2.45, 2.75) is 36.1 Å². The molecule has 1 saturated carbocycles. The van der Waals surface area contributed by atoms with Gasteiger partial charge in [-0.25, -0.2) is 13.4 Å². The number of halogens is 2. The van der Waals surface area contributed by atoms with Crippen LogP contribution in [0.5, 0.6) is 0 Å². The third-order valence-electron chi connectivity index (χ3n) is 5.67. The van der Waals surface area contributed by atoms with Crippen molar-refractivity contribution in [3.8, 4) is 0 Å². The Morgan fingerprint density at radius 3 is 2.48 bits per heavy atom. The number of nitrogens with zero attached hydrogens (tertiary/aromatic N) is 3. The molecule has 1 amide bonds. The summed E-state index contributed by atoms with van der Waals surface area (Å²) in [5, 5.41) is 20.9. The Balaban J connectivity index is 0.00000385. The lowest BCUT2D eigenvalue weighted by molar-refractivity contribution is -0.139. The zero-order valence-corrected chi connectivity index (χ0v) is 20.7. The minimum Gasteiger partial charge on any atom is -0.395 e. The Morgan fingerprint density at radius 2 is 1.94 bits per heavy atom. The summed E-state index contributed by atoms with van der Waals surface area (Å²) in [5.74, 6) is -0.489. The molecule has 0 saturated heterocycles. The molecule has 10 nitrogen and oxygen atoms in total. The molecule has 2 aromatic rings. The Kier molecular flexibility index (Phi) is 8.52. The highest BCUT2D eigenvalue weighted by Gasteiger charge is 2.51. The Bertz CT molecular complexity index is 1150. The van der Waals surface area contributed by atoms with Gasteiger partial charge in [-0.2, -0.15) is 4.31 Å². The van der Waals surface area contributed by atoms with Crippen molar-refractivity contribution in [1.29, 1.82) is 5.41 Å². The molecule has 1 aliphatic rings. The van der Waals surface area contributed by atoms with Gasteiger partial charge in [0, 0.05) is 37.6 Å². The quantitative estimate of drug-likeness (QED) is 0.322. The number of anilines is 1. The number of hydrogen-bond donors (Lipinski definition) is 4. The number of carbonyl (C=O) groups excluding carboxylic acids is 1. The molecule has 1 fully saturated rings. The van der Waals surface area contributed by atoms with Crippen LogP contribution in [-0.4, -0.2) is 72.4 Å². The molecule has 0 unspecified atom stereocenters. The first-order valence-corrected chi connectivity index (χ1v) is 11.9. The number of β-amino-alcohol motifs (C(OH)–C–C–N with tert-alkyl or cyclic N) is 1. The first kappa shape index (κ1) is 27.1. The zero-order chi connectivity index (χ0) is 23.7. The van der Waals surface area contributed by atoms with Crippen LogP contribution in [0.2, 0.25) is 5.02 Å². The number of rotatable bonds is 7. The lowest BCUT2D eigenvalue weighted by atomic mass is 9.95. The van der Waals surface area contributed by atoms with Gasteiger partial charge in [0.25, 0.3) is 0 Å². The number of hydrogen-bond acceptors (Lipinski definition) is 6. The van der Waals surface area contributed by atoms with E-state index in [4.69, 9.17) is 22.7 Å². The fraction of sp³-hybridized carbons (Fsp3) is 0.450. The van der Waals surface area contributed by atoms with E-state index in [2.05, 4.69) is 10.3 Å². The summed E-state index contributed by atoms with van der Waals surface area (Å²) in [7, 11) is -1.01. The highest BCUT2D eigenvalue weighted by molar-refractivity contribution is 7.89. The molecule has 0 spiro atoms. The number of sulfonamides is 1. The van der Waals surface area contributed by atoms with Crippen molar-refractivity contribution in [2.24, 2.45) is 5.73 Å². The summed E-state index contributed by atoms with van der Waals surface area (Å²) in [5.41, 5.74) is 4.17. The van der Waals surface area contributed by atoms with Crippen LogP contribution >= 0.6 is 24.0 Å². The zero-order valence-electron chi connectivity index (χ0n) is 18.3. The molecule has 0 bridgehead atoms. The van der Waals surface area contributed by atoms with E-state index >= 15 is 0 Å². The van der Waals surface area contributed by atoms with Crippen LogP contribution in [0.15, 0.2) is 29.3 Å². The summed E-state index contributed by atoms with van der Waals surface area (Å²) in [6.45, 7) is -0.647. The van der Waals surface area contributed by atoms with Gasteiger partial charge in [0.15, 0.2) is 5.96 Å². The first-order valence-electron chi connectivity index (χ1n) is 10.1. The average molecular weight is 519 g/mol. The van der Waals surface area contributed by atoms with Gasteiger partial charge in [0.1, 0.15) is 11.4 Å². The van der Waals surface area contributed by atoms with E-state index in [0.29, 0.717) is 41.5 Å². The second-order valence-electron chi connectivity index (χ2n) is 7.94. The summed E-state index contributed by atoms with van der Waals surface area (Å²) >= 11 is 6.23. The van der Waals surface area contributed by atoms with Crippen molar-refractivity contribution < 1.29 is 18.3 Å². The van der Waals surface area contributed by atoms with Gasteiger partial charge < -0.3 is 21.1 Å². The molecule has 1 heterocycles. The second kappa shape index (κ2) is 10.4. The maximum absolute atomic E-state index is 13.8. The maximum atomic E-state index is 13.8. The van der Waals surface area contributed by atoms with Crippen LogP contribution in [0, 0.1) is 5.41 Å². The second-order valence-corrected chi connectivity index (χ2v) is 10.2. The summed E-state index contributed by atoms with van der Waals surface area (Å²) in [4.78, 5) is 18.6. The van der Waals surface area contributed by atoms with Gasteiger partial charge in [-0.05, 0) is 25.0 Å². The first-order chi connectivity index (χ1) is 15.0. The number of pyridine rings is 1. The van der Waals surface area contributed by atoms with Gasteiger partial charge >= 0.3 is 0 Å². The molecular formula is C20H28Cl2N6O4S. The third kappa shape index (κ3) is 5.02. The van der Waals surface area contributed by atoms with Gasteiger partial charge in [-0.3, -0.25) is 10.2 Å². The number of nitrogens with two attached hydrogens (primary N) is 1. The fourth-order valence-corrected chi connectivity index (χ4v) is 6.32. The minimum atomic E-state index is -4.19. The Morgan fingerprint density at radius 1 is 1.30 bits per heavy atom. The minimum absolute atomic E-state index is 0. The number of nitrogens with one attached hydrogen (secondary N) is 2. The predicted octanol–water partition coefficient (Wildman–Crippen LogP) is 2.00. The number of likely N-dealkylation sites (N-methyl/N-ethyl adjacent to an activating group) is 1. The van der Waals surface area contributed by atoms with E-state index in [1.807, 2.05) is 0 Å². The van der Waals surface area contributed by atoms with Gasteiger partial charge in [-0.1, -0.05) is 30.5 Å². The summed E-state index contributed by atoms with van der Waals surface area (Å²) in [6, 6.07) is 4.35. The molecular weight excluding hydrogens is 491 g/mol. The largest absolute Gasteiger partial charge is 0.395 e. The van der Waals surface area contributed by atoms with E-state index in [1.165, 1.54) is 23.2 Å². The summed E-state index contributed by atoms with van der Waals surface area (Å²) < 4.78 is 28.7. The molecule has 1 aromatic heterocycles. The van der Waals surface area contributed by atoms with Crippen molar-refractivity contribution >= 4 is 62.5 Å². The number of benzene rings is 1. The molecule has 0 aliphatic heterocycles. The summed E-state index contributed by atoms with van der Waals surface area (Å²) in [6.07, 6.45) is 3.55. The topological polar surface area (TPSA) is 153 Å². The lowest BCUT2D eigenvalue weighted by Crippen LogP contribution is -2.59. The molecule has 33 heavy (non-hydrogen) atoms. The van der Waals surface area contributed by atoms with Crippen molar-refractivity contribution in [1.82, 2.24) is 14.2 Å². The smallest absolute Gasteiger partial charge is 0.244 e. The Labute approximate surface area is 204 Å². The molecule has 13 heteroatoms. The van der Waals surface area contributed by atoms with E-state index in [1.54, 1.807) is 20.2 Å². The molecule has 182 valence electrons. The molecule has 1 aliphatic carbocycles. The number of aliphatic hydroxyl groups is 1. The standard InChI is InChI=1S/C20H27ClN6O4S.ClH/c1-26(2)18(29)20(7-3-4-8-20)27(9-10-28)32(30,31)13-5-6-14-15(11-13)17(25-19(22)23)24-12-16(14)21;/h5-6,11-12,28H,3-4,7-10H2,1-2H3,(H4,22,23,24,25);1H. The van der Waals surface area contributed by atoms with Crippen LogP contribution in [-0.2, 0) is 14.8 Å². The van der Waals surface area contributed by atoms with Crippen molar-refractivity contribution in [3.63, 3.8) is 0 Å².